The normalized spacial score (nSPS) is 11.7. The molecule has 0 amide bonds. The van der Waals surface area contributed by atoms with Gasteiger partial charge in [0.1, 0.15) is 0 Å². The Kier molecular flexibility index (Phi) is 4.49. The third kappa shape index (κ3) is 3.40. The van der Waals surface area contributed by atoms with Crippen molar-refractivity contribution in [2.24, 2.45) is 0 Å². The third-order valence-electron chi connectivity index (χ3n) is 2.33. The zero-order valence-corrected chi connectivity index (χ0v) is 11.7. The van der Waals surface area contributed by atoms with Crippen molar-refractivity contribution in [2.45, 2.75) is 32.7 Å². The highest BCUT2D eigenvalue weighted by atomic mass is 79.9. The molecular weight excluding hydrogens is 274 g/mol. The monoisotopic (exact) mass is 289 g/mol. The van der Waals surface area contributed by atoms with Crippen molar-refractivity contribution < 1.29 is 4.79 Å². The van der Waals surface area contributed by atoms with Gasteiger partial charge in [0.05, 0.1) is 5.54 Å². The van der Waals surface area contributed by atoms with Gasteiger partial charge in [-0.3, -0.25) is 4.79 Å². The molecule has 0 saturated heterocycles. The zero-order valence-electron chi connectivity index (χ0n) is 9.26. The quantitative estimate of drug-likeness (QED) is 0.903. The van der Waals surface area contributed by atoms with Crippen LogP contribution >= 0.6 is 27.3 Å². The summed E-state index contributed by atoms with van der Waals surface area (Å²) in [5.74, 6) is 0.229. The molecule has 0 saturated carbocycles. The third-order valence-corrected chi connectivity index (χ3v) is 4.25. The van der Waals surface area contributed by atoms with Crippen molar-refractivity contribution in [3.63, 3.8) is 0 Å². The lowest BCUT2D eigenvalue weighted by atomic mass is 9.96. The number of rotatable bonds is 5. The Bertz CT molecular complexity index is 346. The lowest BCUT2D eigenvalue weighted by Crippen LogP contribution is -2.47. The molecule has 1 aromatic heterocycles. The molecular formula is C11H16BrNOS. The van der Waals surface area contributed by atoms with Crippen molar-refractivity contribution in [1.82, 2.24) is 5.32 Å². The standard InChI is InChI=1S/C11H16BrNOS/c1-4-13-11(2,3)10(14)7-9-8(12)5-6-15-9/h5-6,13H,4,7H2,1-3H3. The van der Waals surface area contributed by atoms with Crippen molar-refractivity contribution in [1.29, 1.82) is 0 Å². The minimum absolute atomic E-state index is 0.229. The first kappa shape index (κ1) is 12.9. The minimum atomic E-state index is -0.432. The number of carbonyl (C=O) groups excluding carboxylic acids is 1. The average molecular weight is 290 g/mol. The number of likely N-dealkylation sites (N-methyl/N-ethyl adjacent to an activating group) is 1. The SMILES string of the molecule is CCNC(C)(C)C(=O)Cc1sccc1Br. The molecule has 15 heavy (non-hydrogen) atoms. The van der Waals surface area contributed by atoms with E-state index in [0.717, 1.165) is 15.9 Å². The molecule has 0 aliphatic carbocycles. The van der Waals surface area contributed by atoms with Crippen LogP contribution in [0, 0.1) is 0 Å². The molecule has 1 aromatic rings. The molecule has 0 unspecified atom stereocenters. The fourth-order valence-electron chi connectivity index (χ4n) is 1.36. The smallest absolute Gasteiger partial charge is 0.157 e. The first-order chi connectivity index (χ1) is 6.97. The highest BCUT2D eigenvalue weighted by molar-refractivity contribution is 9.10. The molecule has 1 rings (SSSR count). The topological polar surface area (TPSA) is 29.1 Å². The van der Waals surface area contributed by atoms with Crippen LogP contribution in [0.25, 0.3) is 0 Å². The van der Waals surface area contributed by atoms with Crippen LogP contribution in [0.15, 0.2) is 15.9 Å². The second kappa shape index (κ2) is 5.23. The number of hydrogen-bond acceptors (Lipinski definition) is 3. The van der Waals surface area contributed by atoms with Gasteiger partial charge in [-0.2, -0.15) is 0 Å². The van der Waals surface area contributed by atoms with Crippen LogP contribution in [0.3, 0.4) is 0 Å². The first-order valence-electron chi connectivity index (χ1n) is 4.97. The van der Waals surface area contributed by atoms with E-state index in [2.05, 4.69) is 21.2 Å². The first-order valence-corrected chi connectivity index (χ1v) is 6.65. The maximum absolute atomic E-state index is 12.0. The number of Topliss-reactive ketones (excluding diaryl/α,β-unsaturated/α-hetero) is 1. The van der Waals surface area contributed by atoms with Gasteiger partial charge in [-0.25, -0.2) is 0 Å². The van der Waals surface area contributed by atoms with Gasteiger partial charge in [-0.15, -0.1) is 11.3 Å². The van der Waals surface area contributed by atoms with Crippen molar-refractivity contribution >= 4 is 33.0 Å². The number of hydrogen-bond donors (Lipinski definition) is 1. The Morgan fingerprint density at radius 2 is 2.27 bits per heavy atom. The van der Waals surface area contributed by atoms with Gasteiger partial charge < -0.3 is 5.32 Å². The maximum Gasteiger partial charge on any atom is 0.157 e. The Hall–Kier alpha value is -0.190. The number of ketones is 1. The van der Waals surface area contributed by atoms with E-state index >= 15 is 0 Å². The summed E-state index contributed by atoms with van der Waals surface area (Å²) in [6.45, 7) is 6.68. The van der Waals surface area contributed by atoms with Crippen LogP contribution in [0.2, 0.25) is 0 Å². The summed E-state index contributed by atoms with van der Waals surface area (Å²) in [7, 11) is 0. The minimum Gasteiger partial charge on any atom is -0.306 e. The second-order valence-corrected chi connectivity index (χ2v) is 5.80. The van der Waals surface area contributed by atoms with Gasteiger partial charge in [0, 0.05) is 15.8 Å². The highest BCUT2D eigenvalue weighted by Gasteiger charge is 2.26. The number of carbonyl (C=O) groups is 1. The lowest BCUT2D eigenvalue weighted by Gasteiger charge is -2.23. The Labute approximate surface area is 103 Å². The van der Waals surface area contributed by atoms with Gasteiger partial charge in [0.15, 0.2) is 5.78 Å². The summed E-state index contributed by atoms with van der Waals surface area (Å²) in [5, 5.41) is 5.19. The lowest BCUT2D eigenvalue weighted by molar-refractivity contribution is -0.123. The second-order valence-electron chi connectivity index (χ2n) is 3.95. The molecule has 0 spiro atoms. The molecule has 2 nitrogen and oxygen atoms in total. The van der Waals surface area contributed by atoms with E-state index in [-0.39, 0.29) is 5.78 Å². The summed E-state index contributed by atoms with van der Waals surface area (Å²) in [6.07, 6.45) is 0.498. The van der Waals surface area contributed by atoms with E-state index in [1.54, 1.807) is 11.3 Å². The molecule has 0 aliphatic rings. The fourth-order valence-corrected chi connectivity index (χ4v) is 2.85. The molecule has 4 heteroatoms. The predicted octanol–water partition coefficient (Wildman–Crippen LogP) is 3.01. The summed E-state index contributed by atoms with van der Waals surface area (Å²) >= 11 is 5.05. The highest BCUT2D eigenvalue weighted by Crippen LogP contribution is 2.24. The van der Waals surface area contributed by atoms with E-state index in [9.17, 15) is 4.79 Å². The van der Waals surface area contributed by atoms with Gasteiger partial charge in [-0.1, -0.05) is 6.92 Å². The Morgan fingerprint density at radius 3 is 2.73 bits per heavy atom. The van der Waals surface area contributed by atoms with Gasteiger partial charge in [0.25, 0.3) is 0 Å². The van der Waals surface area contributed by atoms with Crippen molar-refractivity contribution in [3.8, 4) is 0 Å². The molecule has 84 valence electrons. The summed E-state index contributed by atoms with van der Waals surface area (Å²) in [6, 6.07) is 1.98. The largest absolute Gasteiger partial charge is 0.306 e. The molecule has 0 atom stereocenters. The van der Waals surface area contributed by atoms with E-state index in [0.29, 0.717) is 6.42 Å². The molecule has 0 aliphatic heterocycles. The summed E-state index contributed by atoms with van der Waals surface area (Å²) < 4.78 is 1.04. The molecule has 0 radical (unpaired) electrons. The number of halogens is 1. The van der Waals surface area contributed by atoms with E-state index in [1.165, 1.54) is 0 Å². The molecule has 0 bridgehead atoms. The molecule has 1 heterocycles. The fraction of sp³-hybridized carbons (Fsp3) is 0.545. The van der Waals surface area contributed by atoms with Crippen LogP contribution in [0.4, 0.5) is 0 Å². The van der Waals surface area contributed by atoms with Crippen LogP contribution in [0.1, 0.15) is 25.6 Å². The van der Waals surface area contributed by atoms with Crippen molar-refractivity contribution in [3.05, 3.63) is 20.8 Å². The van der Waals surface area contributed by atoms with Gasteiger partial charge >= 0.3 is 0 Å². The molecule has 0 aromatic carbocycles. The number of thiophene rings is 1. The molecule has 1 N–H and O–H groups in total. The summed E-state index contributed by atoms with van der Waals surface area (Å²) in [4.78, 5) is 13.1. The van der Waals surface area contributed by atoms with Gasteiger partial charge in [-0.05, 0) is 47.8 Å². The Balaban J connectivity index is 2.67. The number of nitrogens with one attached hydrogen (secondary N) is 1. The summed E-state index contributed by atoms with van der Waals surface area (Å²) in [5.41, 5.74) is -0.432. The van der Waals surface area contributed by atoms with Gasteiger partial charge in [0.2, 0.25) is 0 Å². The van der Waals surface area contributed by atoms with E-state index in [4.69, 9.17) is 0 Å². The molecule has 0 fully saturated rings. The van der Waals surface area contributed by atoms with Crippen LogP contribution < -0.4 is 5.32 Å². The van der Waals surface area contributed by atoms with E-state index < -0.39 is 5.54 Å². The van der Waals surface area contributed by atoms with Crippen LogP contribution in [0.5, 0.6) is 0 Å². The van der Waals surface area contributed by atoms with Crippen LogP contribution in [-0.2, 0) is 11.2 Å². The van der Waals surface area contributed by atoms with Crippen molar-refractivity contribution in [2.75, 3.05) is 6.54 Å². The zero-order chi connectivity index (χ0) is 11.5. The maximum atomic E-state index is 12.0. The average Bonchev–Trinajstić information content (AvgIpc) is 2.52. The predicted molar refractivity (Wildman–Crippen MR) is 68.5 cm³/mol. The van der Waals surface area contributed by atoms with E-state index in [1.807, 2.05) is 32.2 Å². The van der Waals surface area contributed by atoms with Crippen LogP contribution in [-0.4, -0.2) is 17.9 Å². The Morgan fingerprint density at radius 1 is 1.60 bits per heavy atom.